The molecular formula is C21H23F3N4O3. The van der Waals surface area contributed by atoms with E-state index in [2.05, 4.69) is 15.6 Å². The first kappa shape index (κ1) is 22.5. The van der Waals surface area contributed by atoms with E-state index in [0.717, 1.165) is 25.0 Å². The lowest BCUT2D eigenvalue weighted by Crippen LogP contribution is -2.29. The maximum Gasteiger partial charge on any atom is 0.416 e. The van der Waals surface area contributed by atoms with Crippen molar-refractivity contribution >= 4 is 23.1 Å². The fraction of sp³-hybridized carbons (Fsp3) is 0.381. The van der Waals surface area contributed by atoms with Crippen molar-refractivity contribution in [1.82, 2.24) is 4.98 Å². The Morgan fingerprint density at radius 1 is 1.23 bits per heavy atom. The smallest absolute Gasteiger partial charge is 0.416 e. The molecule has 31 heavy (non-hydrogen) atoms. The lowest BCUT2D eigenvalue weighted by molar-refractivity contribution is -0.137. The average molecular weight is 436 g/mol. The fourth-order valence-corrected chi connectivity index (χ4v) is 3.30. The Bertz CT molecular complexity index is 956. The molecule has 0 spiro atoms. The summed E-state index contributed by atoms with van der Waals surface area (Å²) >= 11 is 0. The predicted molar refractivity (Wildman–Crippen MR) is 110 cm³/mol. The number of nitrogens with zero attached hydrogens (tertiary/aromatic N) is 1. The van der Waals surface area contributed by atoms with Crippen molar-refractivity contribution in [2.45, 2.75) is 32.0 Å². The average Bonchev–Trinajstić information content (AvgIpc) is 2.73. The molecule has 166 valence electrons. The predicted octanol–water partition coefficient (Wildman–Crippen LogP) is 4.34. The van der Waals surface area contributed by atoms with Gasteiger partial charge in [-0.3, -0.25) is 4.79 Å². The molecule has 1 aliphatic heterocycles. The van der Waals surface area contributed by atoms with Crippen LogP contribution < -0.4 is 15.4 Å². The zero-order valence-corrected chi connectivity index (χ0v) is 17.1. The zero-order valence-electron chi connectivity index (χ0n) is 17.1. The van der Waals surface area contributed by atoms with Crippen LogP contribution in [0.4, 0.5) is 24.7 Å². The molecule has 0 bridgehead atoms. The summed E-state index contributed by atoms with van der Waals surface area (Å²) in [6.07, 6.45) is -1.56. The zero-order chi connectivity index (χ0) is 22.6. The minimum Gasteiger partial charge on any atom is -0.495 e. The third kappa shape index (κ3) is 5.32. The van der Waals surface area contributed by atoms with E-state index in [1.807, 2.05) is 0 Å². The summed E-state index contributed by atoms with van der Waals surface area (Å²) in [5, 5.41) is 14.0. The Morgan fingerprint density at radius 2 is 1.87 bits per heavy atom. The van der Waals surface area contributed by atoms with Gasteiger partial charge in [-0.2, -0.15) is 13.2 Å². The van der Waals surface area contributed by atoms with Crippen molar-refractivity contribution in [1.29, 1.82) is 5.41 Å². The number of rotatable bonds is 6. The first-order valence-corrected chi connectivity index (χ1v) is 9.66. The number of alkyl halides is 3. The summed E-state index contributed by atoms with van der Waals surface area (Å²) in [5.41, 5.74) is -0.0359. The highest BCUT2D eigenvalue weighted by Gasteiger charge is 2.30. The Hall–Kier alpha value is -3.14. The molecule has 1 aromatic heterocycles. The molecule has 2 heterocycles. The second-order valence-corrected chi connectivity index (χ2v) is 7.11. The van der Waals surface area contributed by atoms with E-state index in [0.29, 0.717) is 24.6 Å². The van der Waals surface area contributed by atoms with Crippen LogP contribution in [0.1, 0.15) is 41.3 Å². The highest BCUT2D eigenvalue weighted by molar-refractivity contribution is 6.11. The van der Waals surface area contributed by atoms with Crippen LogP contribution in [-0.2, 0) is 10.9 Å². The number of anilines is 2. The lowest BCUT2D eigenvalue weighted by Gasteiger charge is -2.25. The van der Waals surface area contributed by atoms with Crippen LogP contribution in [0.15, 0.2) is 30.5 Å². The molecule has 0 radical (unpaired) electrons. The van der Waals surface area contributed by atoms with Crippen molar-refractivity contribution in [2.24, 2.45) is 0 Å². The van der Waals surface area contributed by atoms with Crippen LogP contribution in [0.25, 0.3) is 0 Å². The van der Waals surface area contributed by atoms with Gasteiger partial charge in [0.2, 0.25) is 0 Å². The standard InChI is InChI=1S/C21H23F3N4O3/c1-12(25)17-18(30-2)16(11-26-19(17)27-15-7-9-31-10-8-15)20(29)28-14-5-3-13(4-6-14)21(22,23)24/h3-6,11,15,25H,7-10H2,1-2H3,(H,26,27)(H,28,29). The van der Waals surface area contributed by atoms with Crippen LogP contribution in [0.3, 0.4) is 0 Å². The summed E-state index contributed by atoms with van der Waals surface area (Å²) in [7, 11) is 1.38. The first-order chi connectivity index (χ1) is 14.7. The molecule has 2 aromatic rings. The maximum atomic E-state index is 12.8. The summed E-state index contributed by atoms with van der Waals surface area (Å²) in [6, 6.07) is 4.24. The van der Waals surface area contributed by atoms with E-state index in [-0.39, 0.29) is 28.8 Å². The number of carbonyl (C=O) groups excluding carboxylic acids is 1. The van der Waals surface area contributed by atoms with Gasteiger partial charge in [0.05, 0.1) is 18.2 Å². The van der Waals surface area contributed by atoms with Gasteiger partial charge in [0, 0.05) is 36.9 Å². The van der Waals surface area contributed by atoms with Crippen molar-refractivity contribution in [3.63, 3.8) is 0 Å². The monoisotopic (exact) mass is 436 g/mol. The van der Waals surface area contributed by atoms with Gasteiger partial charge in [-0.1, -0.05) is 0 Å². The van der Waals surface area contributed by atoms with Gasteiger partial charge in [-0.25, -0.2) is 4.98 Å². The van der Waals surface area contributed by atoms with Gasteiger partial charge in [-0.05, 0) is 44.0 Å². The number of halogens is 3. The number of hydrogen-bond donors (Lipinski definition) is 3. The largest absolute Gasteiger partial charge is 0.495 e. The van der Waals surface area contributed by atoms with E-state index in [4.69, 9.17) is 14.9 Å². The lowest BCUT2D eigenvalue weighted by atomic mass is 10.0. The molecule has 1 aliphatic rings. The maximum absolute atomic E-state index is 12.8. The van der Waals surface area contributed by atoms with E-state index in [1.165, 1.54) is 25.4 Å². The molecule has 0 aliphatic carbocycles. The number of aromatic nitrogens is 1. The van der Waals surface area contributed by atoms with Gasteiger partial charge < -0.3 is 25.5 Å². The normalized spacial score (nSPS) is 14.7. The van der Waals surface area contributed by atoms with Gasteiger partial charge in [0.15, 0.2) is 0 Å². The molecule has 7 nitrogen and oxygen atoms in total. The molecule has 0 unspecified atom stereocenters. The number of pyridine rings is 1. The van der Waals surface area contributed by atoms with E-state index < -0.39 is 17.6 Å². The molecule has 0 atom stereocenters. The van der Waals surface area contributed by atoms with Crippen molar-refractivity contribution < 1.29 is 27.4 Å². The summed E-state index contributed by atoms with van der Waals surface area (Å²) < 4.78 is 49.0. The topological polar surface area (TPSA) is 96.3 Å². The Morgan fingerprint density at radius 3 is 2.42 bits per heavy atom. The van der Waals surface area contributed by atoms with Crippen molar-refractivity contribution in [3.8, 4) is 5.75 Å². The number of carbonyl (C=O) groups is 1. The highest BCUT2D eigenvalue weighted by Crippen LogP contribution is 2.32. The summed E-state index contributed by atoms with van der Waals surface area (Å²) in [6.45, 7) is 2.81. The molecule has 1 saturated heterocycles. The minimum absolute atomic E-state index is 0.0709. The van der Waals surface area contributed by atoms with Crippen molar-refractivity contribution in [3.05, 3.63) is 47.2 Å². The summed E-state index contributed by atoms with van der Waals surface area (Å²) in [5.74, 6) is -0.00646. The van der Waals surface area contributed by atoms with E-state index in [9.17, 15) is 18.0 Å². The molecule has 1 amide bonds. The molecule has 1 fully saturated rings. The SMILES string of the molecule is COc1c(C(=O)Nc2ccc(C(F)(F)F)cc2)cnc(NC2CCOCC2)c1C(C)=N. The highest BCUT2D eigenvalue weighted by atomic mass is 19.4. The van der Waals surface area contributed by atoms with E-state index >= 15 is 0 Å². The molecular weight excluding hydrogens is 413 g/mol. The van der Waals surface area contributed by atoms with Gasteiger partial charge in [0.25, 0.3) is 5.91 Å². The Kier molecular flexibility index (Phi) is 6.79. The number of amides is 1. The minimum atomic E-state index is -4.46. The van der Waals surface area contributed by atoms with Crippen LogP contribution in [-0.4, -0.2) is 43.0 Å². The third-order valence-electron chi connectivity index (χ3n) is 4.89. The quantitative estimate of drug-likeness (QED) is 0.586. The van der Waals surface area contributed by atoms with E-state index in [1.54, 1.807) is 6.92 Å². The Labute approximate surface area is 177 Å². The van der Waals surface area contributed by atoms with Crippen LogP contribution in [0.5, 0.6) is 5.75 Å². The van der Waals surface area contributed by atoms with Crippen LogP contribution >= 0.6 is 0 Å². The number of hydrogen-bond acceptors (Lipinski definition) is 6. The number of benzene rings is 1. The molecule has 10 heteroatoms. The van der Waals surface area contributed by atoms with Crippen LogP contribution in [0.2, 0.25) is 0 Å². The molecule has 0 saturated carbocycles. The first-order valence-electron chi connectivity index (χ1n) is 9.66. The second kappa shape index (κ2) is 9.34. The van der Waals surface area contributed by atoms with Gasteiger partial charge >= 0.3 is 6.18 Å². The van der Waals surface area contributed by atoms with Gasteiger partial charge in [-0.15, -0.1) is 0 Å². The number of nitrogens with one attached hydrogen (secondary N) is 3. The van der Waals surface area contributed by atoms with Crippen molar-refractivity contribution in [2.75, 3.05) is 31.0 Å². The molecule has 1 aromatic carbocycles. The second-order valence-electron chi connectivity index (χ2n) is 7.11. The Balaban J connectivity index is 1.87. The third-order valence-corrected chi connectivity index (χ3v) is 4.89. The number of methoxy groups -OCH3 is 1. The molecule has 3 rings (SSSR count). The van der Waals surface area contributed by atoms with Gasteiger partial charge in [0.1, 0.15) is 17.1 Å². The fourth-order valence-electron chi connectivity index (χ4n) is 3.30. The molecule has 3 N–H and O–H groups in total. The van der Waals surface area contributed by atoms with Crippen LogP contribution in [0, 0.1) is 5.41 Å². The summed E-state index contributed by atoms with van der Waals surface area (Å²) in [4.78, 5) is 17.1. The number of ether oxygens (including phenoxy) is 2.